The van der Waals surface area contributed by atoms with E-state index < -0.39 is 12.0 Å². The maximum atomic E-state index is 11.5. The fraction of sp³-hybridized carbons (Fsp3) is 0.417. The van der Waals surface area contributed by atoms with Crippen molar-refractivity contribution in [2.75, 3.05) is 18.5 Å². The Bertz CT molecular complexity index is 431. The van der Waals surface area contributed by atoms with Crippen LogP contribution in [0.1, 0.15) is 24.3 Å². The number of pyridine rings is 1. The molecule has 2 amide bonds. The molecule has 0 aromatic carbocycles. The molecule has 1 heterocycles. The summed E-state index contributed by atoms with van der Waals surface area (Å²) in [6.07, 6.45) is 1.41. The van der Waals surface area contributed by atoms with Gasteiger partial charge in [-0.3, -0.25) is 0 Å². The molecule has 0 unspecified atom stereocenters. The summed E-state index contributed by atoms with van der Waals surface area (Å²) in [7, 11) is 0. The van der Waals surface area contributed by atoms with E-state index in [1.165, 1.54) is 18.3 Å². The molecule has 0 atom stereocenters. The van der Waals surface area contributed by atoms with E-state index in [1.807, 2.05) is 13.8 Å². The lowest BCUT2D eigenvalue weighted by Crippen LogP contribution is -2.32. The zero-order valence-electron chi connectivity index (χ0n) is 10.8. The zero-order valence-corrected chi connectivity index (χ0v) is 10.8. The second kappa shape index (κ2) is 7.32. The molecule has 104 valence electrons. The summed E-state index contributed by atoms with van der Waals surface area (Å²) in [5, 5.41) is 13.8. The van der Waals surface area contributed by atoms with Crippen molar-refractivity contribution in [3.05, 3.63) is 24.0 Å². The normalized spacial score (nSPS) is 10.3. The smallest absolute Gasteiger partial charge is 0.354 e. The molecule has 0 aliphatic rings. The molecule has 7 heteroatoms. The van der Waals surface area contributed by atoms with Crippen molar-refractivity contribution in [1.29, 1.82) is 0 Å². The van der Waals surface area contributed by atoms with Crippen LogP contribution in [-0.4, -0.2) is 41.3 Å². The Labute approximate surface area is 111 Å². The highest BCUT2D eigenvalue weighted by molar-refractivity contribution is 5.90. The number of aromatic carboxylic acids is 1. The lowest BCUT2D eigenvalue weighted by atomic mass is 10.3. The van der Waals surface area contributed by atoms with Gasteiger partial charge in [-0.25, -0.2) is 14.6 Å². The lowest BCUT2D eigenvalue weighted by Gasteiger charge is -2.09. The van der Waals surface area contributed by atoms with E-state index in [1.54, 1.807) is 0 Å². The van der Waals surface area contributed by atoms with Crippen molar-refractivity contribution in [3.8, 4) is 0 Å². The van der Waals surface area contributed by atoms with Crippen molar-refractivity contribution >= 4 is 17.7 Å². The Morgan fingerprint density at radius 2 is 2.16 bits per heavy atom. The average Bonchev–Trinajstić information content (AvgIpc) is 2.35. The van der Waals surface area contributed by atoms with Gasteiger partial charge in [-0.1, -0.05) is 0 Å². The zero-order chi connectivity index (χ0) is 14.3. The molecule has 0 aliphatic carbocycles. The van der Waals surface area contributed by atoms with Crippen LogP contribution in [0.25, 0.3) is 0 Å². The van der Waals surface area contributed by atoms with Crippen LogP contribution < -0.4 is 10.6 Å². The molecule has 0 saturated carbocycles. The third-order valence-electron chi connectivity index (χ3n) is 2.08. The Morgan fingerprint density at radius 1 is 1.42 bits per heavy atom. The number of hydrogen-bond donors (Lipinski definition) is 3. The van der Waals surface area contributed by atoms with Gasteiger partial charge >= 0.3 is 12.0 Å². The molecular formula is C12H17N3O4. The highest BCUT2D eigenvalue weighted by Crippen LogP contribution is 2.05. The number of anilines is 1. The summed E-state index contributed by atoms with van der Waals surface area (Å²) in [5.41, 5.74) is 0.351. The first-order valence-corrected chi connectivity index (χ1v) is 5.85. The third kappa shape index (κ3) is 5.82. The fourth-order valence-electron chi connectivity index (χ4n) is 1.23. The molecule has 7 nitrogen and oxygen atoms in total. The monoisotopic (exact) mass is 267 g/mol. The number of rotatable bonds is 6. The summed E-state index contributed by atoms with van der Waals surface area (Å²) in [6.45, 7) is 4.65. The largest absolute Gasteiger partial charge is 0.477 e. The van der Waals surface area contributed by atoms with E-state index in [9.17, 15) is 9.59 Å². The molecule has 1 rings (SSSR count). The number of carbonyl (C=O) groups is 2. The highest BCUT2D eigenvalue weighted by atomic mass is 16.5. The van der Waals surface area contributed by atoms with Gasteiger partial charge < -0.3 is 20.5 Å². The van der Waals surface area contributed by atoms with Gasteiger partial charge in [0.2, 0.25) is 0 Å². The summed E-state index contributed by atoms with van der Waals surface area (Å²) in [6, 6.07) is 2.40. The van der Waals surface area contributed by atoms with Crippen LogP contribution in [0.2, 0.25) is 0 Å². The molecule has 1 aromatic heterocycles. The number of carboxylic acids is 1. The minimum absolute atomic E-state index is 0.0729. The molecule has 3 N–H and O–H groups in total. The van der Waals surface area contributed by atoms with Crippen LogP contribution in [-0.2, 0) is 4.74 Å². The minimum Gasteiger partial charge on any atom is -0.477 e. The maximum absolute atomic E-state index is 11.5. The first-order valence-electron chi connectivity index (χ1n) is 5.85. The van der Waals surface area contributed by atoms with E-state index in [-0.39, 0.29) is 11.8 Å². The number of hydrogen-bond acceptors (Lipinski definition) is 4. The first-order chi connectivity index (χ1) is 8.99. The predicted molar refractivity (Wildman–Crippen MR) is 69.3 cm³/mol. The molecule has 19 heavy (non-hydrogen) atoms. The van der Waals surface area contributed by atoms with Crippen molar-refractivity contribution in [1.82, 2.24) is 10.3 Å². The fourth-order valence-corrected chi connectivity index (χ4v) is 1.23. The molecule has 0 aliphatic heterocycles. The quantitative estimate of drug-likeness (QED) is 0.675. The molecule has 0 radical (unpaired) electrons. The number of aromatic nitrogens is 1. The van der Waals surface area contributed by atoms with Gasteiger partial charge in [0.05, 0.1) is 24.6 Å². The molecular weight excluding hydrogens is 250 g/mol. The van der Waals surface area contributed by atoms with Crippen molar-refractivity contribution < 1.29 is 19.4 Å². The van der Waals surface area contributed by atoms with Crippen LogP contribution in [0.3, 0.4) is 0 Å². The van der Waals surface area contributed by atoms with Crippen molar-refractivity contribution in [2.45, 2.75) is 20.0 Å². The van der Waals surface area contributed by atoms with E-state index in [2.05, 4.69) is 15.6 Å². The van der Waals surface area contributed by atoms with Gasteiger partial charge in [-0.2, -0.15) is 0 Å². The van der Waals surface area contributed by atoms with E-state index in [4.69, 9.17) is 9.84 Å². The van der Waals surface area contributed by atoms with E-state index >= 15 is 0 Å². The number of nitrogens with one attached hydrogen (secondary N) is 2. The van der Waals surface area contributed by atoms with Gasteiger partial charge in [0.1, 0.15) is 5.69 Å². The predicted octanol–water partition coefficient (Wildman–Crippen LogP) is 1.33. The molecule has 0 bridgehead atoms. The summed E-state index contributed by atoms with van der Waals surface area (Å²) in [5.74, 6) is -1.11. The van der Waals surface area contributed by atoms with Crippen LogP contribution in [0.5, 0.6) is 0 Å². The molecule has 0 saturated heterocycles. The van der Waals surface area contributed by atoms with E-state index in [0.717, 1.165) is 0 Å². The van der Waals surface area contributed by atoms with Crippen LogP contribution in [0, 0.1) is 0 Å². The van der Waals surface area contributed by atoms with Crippen LogP contribution in [0.4, 0.5) is 10.5 Å². The standard InChI is InChI=1S/C12H17N3O4/c1-8(2)19-6-5-13-12(18)15-9-3-4-10(11(16)17)14-7-9/h3-4,7-8H,5-6H2,1-2H3,(H,16,17)(H2,13,15,18). The Hall–Kier alpha value is -2.15. The summed E-state index contributed by atoms with van der Waals surface area (Å²) >= 11 is 0. The lowest BCUT2D eigenvalue weighted by molar-refractivity contribution is 0.0690. The number of nitrogens with zero attached hydrogens (tertiary/aromatic N) is 1. The second-order valence-corrected chi connectivity index (χ2v) is 4.04. The Kier molecular flexibility index (Phi) is 5.74. The Morgan fingerprint density at radius 3 is 2.68 bits per heavy atom. The van der Waals surface area contributed by atoms with Crippen molar-refractivity contribution in [2.24, 2.45) is 0 Å². The first kappa shape index (κ1) is 14.9. The average molecular weight is 267 g/mol. The van der Waals surface area contributed by atoms with Gasteiger partial charge in [0, 0.05) is 6.54 Å². The van der Waals surface area contributed by atoms with E-state index in [0.29, 0.717) is 18.8 Å². The number of ether oxygens (including phenoxy) is 1. The molecule has 0 fully saturated rings. The van der Waals surface area contributed by atoms with Gasteiger partial charge in [0.25, 0.3) is 0 Å². The highest BCUT2D eigenvalue weighted by Gasteiger charge is 2.05. The SMILES string of the molecule is CC(C)OCCNC(=O)Nc1ccc(C(=O)O)nc1. The van der Waals surface area contributed by atoms with Gasteiger partial charge in [-0.15, -0.1) is 0 Å². The topological polar surface area (TPSA) is 101 Å². The summed E-state index contributed by atoms with van der Waals surface area (Å²) < 4.78 is 5.26. The number of amides is 2. The molecule has 1 aromatic rings. The van der Waals surface area contributed by atoms with Crippen LogP contribution in [0.15, 0.2) is 18.3 Å². The third-order valence-corrected chi connectivity index (χ3v) is 2.08. The van der Waals surface area contributed by atoms with Gasteiger partial charge in [-0.05, 0) is 26.0 Å². The van der Waals surface area contributed by atoms with Crippen molar-refractivity contribution in [3.63, 3.8) is 0 Å². The number of carbonyl (C=O) groups excluding carboxylic acids is 1. The number of urea groups is 1. The Balaban J connectivity index is 2.34. The second-order valence-electron chi connectivity index (χ2n) is 4.04. The maximum Gasteiger partial charge on any atom is 0.354 e. The van der Waals surface area contributed by atoms with Gasteiger partial charge in [0.15, 0.2) is 0 Å². The molecule has 0 spiro atoms. The van der Waals surface area contributed by atoms with Crippen LogP contribution >= 0.6 is 0 Å². The summed E-state index contributed by atoms with van der Waals surface area (Å²) in [4.78, 5) is 25.7. The number of carboxylic acid groups (broad SMARTS) is 1. The minimum atomic E-state index is -1.11.